The second kappa shape index (κ2) is 8.42. The molecular formula is C15H19N7O2. The van der Waals surface area contributed by atoms with E-state index in [2.05, 4.69) is 36.2 Å². The minimum Gasteiger partial charge on any atom is -0.338 e. The minimum atomic E-state index is -0.438. The van der Waals surface area contributed by atoms with E-state index in [0.717, 1.165) is 5.56 Å². The van der Waals surface area contributed by atoms with Crippen LogP contribution in [-0.4, -0.2) is 40.1 Å². The highest BCUT2D eigenvalue weighted by Crippen LogP contribution is 2.17. The summed E-state index contributed by atoms with van der Waals surface area (Å²) in [5.74, 6) is 0.424. The number of amides is 4. The van der Waals surface area contributed by atoms with E-state index in [1.807, 2.05) is 30.3 Å². The van der Waals surface area contributed by atoms with Crippen molar-refractivity contribution in [2.24, 2.45) is 0 Å². The maximum atomic E-state index is 11.7. The van der Waals surface area contributed by atoms with Crippen molar-refractivity contribution in [2.45, 2.75) is 13.8 Å². The number of aromatic nitrogens is 3. The Kier molecular flexibility index (Phi) is 6.01. The maximum absolute atomic E-state index is 11.7. The summed E-state index contributed by atoms with van der Waals surface area (Å²) in [6, 6.07) is 8.31. The lowest BCUT2D eigenvalue weighted by molar-refractivity contribution is 0.252. The van der Waals surface area contributed by atoms with Crippen LogP contribution >= 0.6 is 0 Å². The third-order valence-corrected chi connectivity index (χ3v) is 2.79. The van der Waals surface area contributed by atoms with E-state index in [9.17, 15) is 9.59 Å². The number of carbonyl (C=O) groups is 2. The molecule has 0 saturated heterocycles. The van der Waals surface area contributed by atoms with E-state index in [0.29, 0.717) is 18.9 Å². The lowest BCUT2D eigenvalue weighted by atomic mass is 10.2. The molecule has 1 heterocycles. The Labute approximate surface area is 139 Å². The van der Waals surface area contributed by atoms with Crippen LogP contribution in [0.1, 0.15) is 13.8 Å². The fourth-order valence-corrected chi connectivity index (χ4v) is 1.82. The summed E-state index contributed by atoms with van der Waals surface area (Å²) in [4.78, 5) is 35.8. The van der Waals surface area contributed by atoms with Crippen molar-refractivity contribution in [1.29, 1.82) is 0 Å². The Morgan fingerprint density at radius 3 is 1.79 bits per heavy atom. The van der Waals surface area contributed by atoms with Crippen LogP contribution in [0.2, 0.25) is 0 Å². The smallest absolute Gasteiger partial charge is 0.321 e. The van der Waals surface area contributed by atoms with Gasteiger partial charge in [-0.1, -0.05) is 30.3 Å². The Hall–Kier alpha value is -3.23. The van der Waals surface area contributed by atoms with Crippen molar-refractivity contribution < 1.29 is 9.59 Å². The highest BCUT2D eigenvalue weighted by atomic mass is 16.2. The van der Waals surface area contributed by atoms with Gasteiger partial charge in [0.15, 0.2) is 5.82 Å². The molecule has 0 aliphatic heterocycles. The van der Waals surface area contributed by atoms with Gasteiger partial charge < -0.3 is 10.6 Å². The monoisotopic (exact) mass is 329 g/mol. The average Bonchev–Trinajstić information content (AvgIpc) is 2.55. The van der Waals surface area contributed by atoms with Crippen LogP contribution in [0.3, 0.4) is 0 Å². The number of urea groups is 2. The number of nitrogens with zero attached hydrogens (tertiary/aromatic N) is 3. The molecule has 0 radical (unpaired) electrons. The Morgan fingerprint density at radius 1 is 0.833 bits per heavy atom. The lowest BCUT2D eigenvalue weighted by Crippen LogP contribution is -2.31. The van der Waals surface area contributed by atoms with Crippen molar-refractivity contribution in [2.75, 3.05) is 23.7 Å². The number of rotatable bonds is 5. The molecule has 9 heteroatoms. The molecular weight excluding hydrogens is 310 g/mol. The summed E-state index contributed by atoms with van der Waals surface area (Å²) >= 11 is 0. The van der Waals surface area contributed by atoms with Crippen LogP contribution in [0, 0.1) is 0 Å². The van der Waals surface area contributed by atoms with Crippen molar-refractivity contribution in [3.05, 3.63) is 30.3 Å². The Bertz CT molecular complexity index is 668. The molecule has 0 atom stereocenters. The van der Waals surface area contributed by atoms with Crippen LogP contribution in [0.25, 0.3) is 11.4 Å². The fourth-order valence-electron chi connectivity index (χ4n) is 1.82. The van der Waals surface area contributed by atoms with E-state index in [4.69, 9.17) is 0 Å². The largest absolute Gasteiger partial charge is 0.338 e. The molecule has 126 valence electrons. The van der Waals surface area contributed by atoms with Crippen LogP contribution < -0.4 is 21.3 Å². The first-order valence-corrected chi connectivity index (χ1v) is 7.53. The molecule has 0 saturated carbocycles. The van der Waals surface area contributed by atoms with Gasteiger partial charge in [-0.25, -0.2) is 9.59 Å². The van der Waals surface area contributed by atoms with Crippen LogP contribution in [0.4, 0.5) is 21.5 Å². The topological polar surface area (TPSA) is 121 Å². The molecule has 1 aromatic heterocycles. The third kappa shape index (κ3) is 4.90. The first-order chi connectivity index (χ1) is 11.6. The zero-order chi connectivity index (χ0) is 17.4. The molecule has 0 aliphatic carbocycles. The van der Waals surface area contributed by atoms with E-state index in [-0.39, 0.29) is 11.9 Å². The van der Waals surface area contributed by atoms with Gasteiger partial charge in [-0.2, -0.15) is 15.0 Å². The van der Waals surface area contributed by atoms with Gasteiger partial charge in [-0.05, 0) is 13.8 Å². The SMILES string of the molecule is CCNC(=O)Nc1nc(NC(=O)NCC)nc(-c2ccccc2)n1. The number of nitrogens with one attached hydrogen (secondary N) is 4. The summed E-state index contributed by atoms with van der Waals surface area (Å²) in [6.07, 6.45) is 0. The molecule has 2 aromatic rings. The average molecular weight is 329 g/mol. The maximum Gasteiger partial charge on any atom is 0.321 e. The quantitative estimate of drug-likeness (QED) is 0.667. The van der Waals surface area contributed by atoms with Gasteiger partial charge in [0, 0.05) is 18.7 Å². The second-order valence-corrected chi connectivity index (χ2v) is 4.64. The van der Waals surface area contributed by atoms with Crippen molar-refractivity contribution in [3.63, 3.8) is 0 Å². The molecule has 2 rings (SSSR count). The molecule has 0 unspecified atom stereocenters. The molecule has 1 aromatic carbocycles. The summed E-state index contributed by atoms with van der Waals surface area (Å²) in [5, 5.41) is 10.2. The van der Waals surface area contributed by atoms with Gasteiger partial charge in [0.2, 0.25) is 11.9 Å². The van der Waals surface area contributed by atoms with E-state index < -0.39 is 12.1 Å². The van der Waals surface area contributed by atoms with Crippen LogP contribution in [0.5, 0.6) is 0 Å². The third-order valence-electron chi connectivity index (χ3n) is 2.79. The number of hydrogen-bond donors (Lipinski definition) is 4. The van der Waals surface area contributed by atoms with E-state index >= 15 is 0 Å². The molecule has 4 N–H and O–H groups in total. The molecule has 24 heavy (non-hydrogen) atoms. The van der Waals surface area contributed by atoms with Crippen LogP contribution in [0.15, 0.2) is 30.3 Å². The number of benzene rings is 1. The summed E-state index contributed by atoms with van der Waals surface area (Å²) in [6.45, 7) is 4.52. The normalized spacial score (nSPS) is 9.92. The van der Waals surface area contributed by atoms with E-state index in [1.54, 1.807) is 13.8 Å². The van der Waals surface area contributed by atoms with Crippen molar-refractivity contribution in [3.8, 4) is 11.4 Å². The van der Waals surface area contributed by atoms with Gasteiger partial charge in [-0.15, -0.1) is 0 Å². The minimum absolute atomic E-state index is 0.0431. The van der Waals surface area contributed by atoms with Gasteiger partial charge in [0.05, 0.1) is 0 Å². The highest BCUT2D eigenvalue weighted by molar-refractivity contribution is 5.89. The Morgan fingerprint density at radius 2 is 1.33 bits per heavy atom. The summed E-state index contributed by atoms with van der Waals surface area (Å²) < 4.78 is 0. The van der Waals surface area contributed by atoms with Gasteiger partial charge in [0.25, 0.3) is 0 Å². The summed E-state index contributed by atoms with van der Waals surface area (Å²) in [5.41, 5.74) is 0.734. The first-order valence-electron chi connectivity index (χ1n) is 7.53. The number of hydrogen-bond acceptors (Lipinski definition) is 5. The highest BCUT2D eigenvalue weighted by Gasteiger charge is 2.12. The van der Waals surface area contributed by atoms with E-state index in [1.165, 1.54) is 0 Å². The zero-order valence-electron chi connectivity index (χ0n) is 13.5. The van der Waals surface area contributed by atoms with Gasteiger partial charge in [0.1, 0.15) is 0 Å². The molecule has 9 nitrogen and oxygen atoms in total. The fraction of sp³-hybridized carbons (Fsp3) is 0.267. The van der Waals surface area contributed by atoms with Crippen molar-refractivity contribution in [1.82, 2.24) is 25.6 Å². The van der Waals surface area contributed by atoms with Crippen LogP contribution in [-0.2, 0) is 0 Å². The predicted octanol–water partition coefficient (Wildman–Crippen LogP) is 1.82. The first kappa shape index (κ1) is 17.1. The molecule has 0 bridgehead atoms. The standard InChI is InChI=1S/C15H19N7O2/c1-3-16-14(23)21-12-18-11(10-8-6-5-7-9-10)19-13(20-12)22-15(24)17-4-2/h5-9H,3-4H2,1-2H3,(H4,16,17,18,19,20,21,22,23,24). The van der Waals surface area contributed by atoms with Gasteiger partial charge in [-0.3, -0.25) is 10.6 Å². The molecule has 0 fully saturated rings. The number of carbonyl (C=O) groups excluding carboxylic acids is 2. The number of anilines is 2. The molecule has 4 amide bonds. The Balaban J connectivity index is 2.32. The molecule has 0 spiro atoms. The lowest BCUT2D eigenvalue weighted by Gasteiger charge is -2.09. The predicted molar refractivity (Wildman–Crippen MR) is 90.7 cm³/mol. The zero-order valence-corrected chi connectivity index (χ0v) is 13.5. The van der Waals surface area contributed by atoms with Gasteiger partial charge >= 0.3 is 12.1 Å². The molecule has 0 aliphatic rings. The second-order valence-electron chi connectivity index (χ2n) is 4.64. The van der Waals surface area contributed by atoms with Crippen molar-refractivity contribution >= 4 is 24.0 Å². The summed E-state index contributed by atoms with van der Waals surface area (Å²) in [7, 11) is 0.